The number of carbonyl (C=O) groups is 1. The largest absolute Gasteiger partial charge is 0.395 e. The van der Waals surface area contributed by atoms with Crippen molar-refractivity contribution in [1.29, 1.82) is 0 Å². The Morgan fingerprint density at radius 2 is 2.24 bits per heavy atom. The van der Waals surface area contributed by atoms with Crippen molar-refractivity contribution in [2.75, 3.05) is 13.2 Å². The van der Waals surface area contributed by atoms with E-state index in [0.29, 0.717) is 23.2 Å². The maximum absolute atomic E-state index is 12.3. The molecular weight excluding hydrogens is 238 g/mol. The summed E-state index contributed by atoms with van der Waals surface area (Å²) >= 11 is 5.94. The highest BCUT2D eigenvalue weighted by Gasteiger charge is 2.32. The molecule has 0 aliphatic heterocycles. The summed E-state index contributed by atoms with van der Waals surface area (Å²) in [5.74, 6) is -0.0127. The average molecular weight is 254 g/mol. The Balaban J connectivity index is 2.19. The number of aliphatic hydroxyl groups excluding tert-OH is 1. The van der Waals surface area contributed by atoms with Crippen molar-refractivity contribution in [3.8, 4) is 0 Å². The minimum Gasteiger partial charge on any atom is -0.395 e. The van der Waals surface area contributed by atoms with Gasteiger partial charge in [-0.05, 0) is 43.5 Å². The SMILES string of the molecule is Cc1cc(C(=O)N(CCO)C2CC2)ccc1Cl. The van der Waals surface area contributed by atoms with E-state index in [1.165, 1.54) is 0 Å². The number of aliphatic hydroxyl groups is 1. The monoisotopic (exact) mass is 253 g/mol. The lowest BCUT2D eigenvalue weighted by Gasteiger charge is -2.21. The molecule has 0 saturated heterocycles. The van der Waals surface area contributed by atoms with Gasteiger partial charge in [-0.25, -0.2) is 0 Å². The van der Waals surface area contributed by atoms with Crippen molar-refractivity contribution in [3.63, 3.8) is 0 Å². The van der Waals surface area contributed by atoms with Crippen LogP contribution in [0.2, 0.25) is 5.02 Å². The fraction of sp³-hybridized carbons (Fsp3) is 0.462. The van der Waals surface area contributed by atoms with Gasteiger partial charge in [0.15, 0.2) is 0 Å². The van der Waals surface area contributed by atoms with E-state index in [0.717, 1.165) is 18.4 Å². The summed E-state index contributed by atoms with van der Waals surface area (Å²) in [6.45, 7) is 2.30. The third kappa shape index (κ3) is 2.79. The normalized spacial score (nSPS) is 14.8. The Morgan fingerprint density at radius 3 is 2.76 bits per heavy atom. The second-order valence-corrected chi connectivity index (χ2v) is 4.82. The second-order valence-electron chi connectivity index (χ2n) is 4.42. The van der Waals surface area contributed by atoms with Gasteiger partial charge in [0.2, 0.25) is 0 Å². The standard InChI is InChI=1S/C13H16ClNO2/c1-9-8-10(2-5-12(9)14)13(17)15(6-7-16)11-3-4-11/h2,5,8,11,16H,3-4,6-7H2,1H3. The first-order valence-electron chi connectivity index (χ1n) is 5.81. The summed E-state index contributed by atoms with van der Waals surface area (Å²) in [5, 5.41) is 9.66. The van der Waals surface area contributed by atoms with E-state index in [-0.39, 0.29) is 12.5 Å². The molecule has 1 saturated carbocycles. The number of hydrogen-bond donors (Lipinski definition) is 1. The first kappa shape index (κ1) is 12.4. The van der Waals surface area contributed by atoms with Crippen LogP contribution in [0, 0.1) is 6.92 Å². The van der Waals surface area contributed by atoms with Crippen LogP contribution >= 0.6 is 11.6 Å². The lowest BCUT2D eigenvalue weighted by molar-refractivity contribution is 0.0707. The summed E-state index contributed by atoms with van der Waals surface area (Å²) in [5.41, 5.74) is 1.55. The van der Waals surface area contributed by atoms with Crippen molar-refractivity contribution >= 4 is 17.5 Å². The predicted molar refractivity (Wildman–Crippen MR) is 67.3 cm³/mol. The molecule has 2 rings (SSSR count). The molecular formula is C13H16ClNO2. The number of halogens is 1. The highest BCUT2D eigenvalue weighted by atomic mass is 35.5. The van der Waals surface area contributed by atoms with E-state index in [1.54, 1.807) is 23.1 Å². The zero-order chi connectivity index (χ0) is 12.4. The predicted octanol–water partition coefficient (Wildman–Crippen LogP) is 2.25. The van der Waals surface area contributed by atoms with Gasteiger partial charge in [-0.1, -0.05) is 11.6 Å². The van der Waals surface area contributed by atoms with Crippen LogP contribution in [-0.4, -0.2) is 35.1 Å². The second kappa shape index (κ2) is 5.07. The maximum atomic E-state index is 12.3. The molecule has 17 heavy (non-hydrogen) atoms. The highest BCUT2D eigenvalue weighted by Crippen LogP contribution is 2.28. The van der Waals surface area contributed by atoms with E-state index in [1.807, 2.05) is 6.92 Å². The lowest BCUT2D eigenvalue weighted by atomic mass is 10.1. The van der Waals surface area contributed by atoms with Gasteiger partial charge >= 0.3 is 0 Å². The maximum Gasteiger partial charge on any atom is 0.254 e. The van der Waals surface area contributed by atoms with Crippen molar-refractivity contribution in [2.24, 2.45) is 0 Å². The fourth-order valence-electron chi connectivity index (χ4n) is 1.89. The molecule has 1 aromatic rings. The number of hydrogen-bond acceptors (Lipinski definition) is 2. The molecule has 0 aromatic heterocycles. The summed E-state index contributed by atoms with van der Waals surface area (Å²) in [6.07, 6.45) is 2.08. The van der Waals surface area contributed by atoms with Crippen LogP contribution < -0.4 is 0 Å². The molecule has 4 heteroatoms. The van der Waals surface area contributed by atoms with Crippen molar-refractivity contribution < 1.29 is 9.90 Å². The fourth-order valence-corrected chi connectivity index (χ4v) is 2.00. The Labute approximate surface area is 106 Å². The van der Waals surface area contributed by atoms with Crippen LogP contribution in [0.5, 0.6) is 0 Å². The van der Waals surface area contributed by atoms with Crippen LogP contribution in [0.3, 0.4) is 0 Å². The first-order chi connectivity index (χ1) is 8.13. The molecule has 0 bridgehead atoms. The molecule has 1 aromatic carbocycles. The third-order valence-corrected chi connectivity index (χ3v) is 3.42. The minimum atomic E-state index is -0.0127. The Bertz CT molecular complexity index is 429. The number of amides is 1. The molecule has 0 radical (unpaired) electrons. The van der Waals surface area contributed by atoms with E-state index < -0.39 is 0 Å². The van der Waals surface area contributed by atoms with Crippen LogP contribution in [0.1, 0.15) is 28.8 Å². The zero-order valence-corrected chi connectivity index (χ0v) is 10.6. The van der Waals surface area contributed by atoms with Gasteiger partial charge in [0, 0.05) is 23.2 Å². The summed E-state index contributed by atoms with van der Waals surface area (Å²) in [6, 6.07) is 5.60. The average Bonchev–Trinajstić information content (AvgIpc) is 3.13. The van der Waals surface area contributed by atoms with Gasteiger partial charge in [0.05, 0.1) is 6.61 Å². The first-order valence-corrected chi connectivity index (χ1v) is 6.19. The molecule has 92 valence electrons. The van der Waals surface area contributed by atoms with E-state index in [9.17, 15) is 4.79 Å². The molecule has 1 aliphatic rings. The van der Waals surface area contributed by atoms with E-state index >= 15 is 0 Å². The number of nitrogens with zero attached hydrogens (tertiary/aromatic N) is 1. The number of carbonyl (C=O) groups excluding carboxylic acids is 1. The van der Waals surface area contributed by atoms with Crippen LogP contribution in [-0.2, 0) is 0 Å². The molecule has 0 unspecified atom stereocenters. The van der Waals surface area contributed by atoms with Crippen molar-refractivity contribution in [2.45, 2.75) is 25.8 Å². The summed E-state index contributed by atoms with van der Waals surface area (Å²) < 4.78 is 0. The molecule has 1 aliphatic carbocycles. The molecule has 0 atom stereocenters. The topological polar surface area (TPSA) is 40.5 Å². The zero-order valence-electron chi connectivity index (χ0n) is 9.82. The van der Waals surface area contributed by atoms with Gasteiger partial charge in [-0.2, -0.15) is 0 Å². The number of benzene rings is 1. The molecule has 1 amide bonds. The van der Waals surface area contributed by atoms with Crippen molar-refractivity contribution in [1.82, 2.24) is 4.90 Å². The van der Waals surface area contributed by atoms with E-state index in [4.69, 9.17) is 16.7 Å². The lowest BCUT2D eigenvalue weighted by Crippen LogP contribution is -2.35. The Morgan fingerprint density at radius 1 is 1.53 bits per heavy atom. The van der Waals surface area contributed by atoms with Gasteiger partial charge < -0.3 is 10.0 Å². The van der Waals surface area contributed by atoms with Crippen LogP contribution in [0.25, 0.3) is 0 Å². The van der Waals surface area contributed by atoms with Crippen molar-refractivity contribution in [3.05, 3.63) is 34.3 Å². The summed E-state index contributed by atoms with van der Waals surface area (Å²) in [4.78, 5) is 14.0. The molecule has 0 spiro atoms. The Kier molecular flexibility index (Phi) is 3.69. The molecule has 0 heterocycles. The number of aryl methyl sites for hydroxylation is 1. The number of rotatable bonds is 4. The smallest absolute Gasteiger partial charge is 0.254 e. The van der Waals surface area contributed by atoms with Gasteiger partial charge in [-0.3, -0.25) is 4.79 Å². The van der Waals surface area contributed by atoms with Gasteiger partial charge in [0.25, 0.3) is 5.91 Å². The minimum absolute atomic E-state index is 0.00874. The van der Waals surface area contributed by atoms with Crippen LogP contribution in [0.15, 0.2) is 18.2 Å². The van der Waals surface area contributed by atoms with E-state index in [2.05, 4.69) is 0 Å². The van der Waals surface area contributed by atoms with Gasteiger partial charge in [-0.15, -0.1) is 0 Å². The highest BCUT2D eigenvalue weighted by molar-refractivity contribution is 6.31. The Hall–Kier alpha value is -1.06. The molecule has 3 nitrogen and oxygen atoms in total. The quantitative estimate of drug-likeness (QED) is 0.894. The molecule has 1 N–H and O–H groups in total. The third-order valence-electron chi connectivity index (χ3n) is 2.99. The van der Waals surface area contributed by atoms with Gasteiger partial charge in [0.1, 0.15) is 0 Å². The molecule has 1 fully saturated rings. The van der Waals surface area contributed by atoms with Crippen LogP contribution in [0.4, 0.5) is 0 Å². The summed E-state index contributed by atoms with van der Waals surface area (Å²) in [7, 11) is 0.